The number of hydrogen-bond donors (Lipinski definition) is 1. The Balaban J connectivity index is 1.74. The number of anilines is 2. The zero-order chi connectivity index (χ0) is 13.8. The van der Waals surface area contributed by atoms with Crippen LogP contribution in [0.4, 0.5) is 15.8 Å². The van der Waals surface area contributed by atoms with Gasteiger partial charge in [-0.2, -0.15) is 0 Å². The van der Waals surface area contributed by atoms with Crippen molar-refractivity contribution in [2.24, 2.45) is 0 Å². The molecular weight excluding hydrogens is 251 g/mol. The number of para-hydroxylation sites is 1. The highest BCUT2D eigenvalue weighted by molar-refractivity contribution is 5.56. The third-order valence-corrected chi connectivity index (χ3v) is 3.75. The monoisotopic (exact) mass is 270 g/mol. The first-order valence-corrected chi connectivity index (χ1v) is 7.15. The van der Waals surface area contributed by atoms with Crippen molar-refractivity contribution < 1.29 is 4.39 Å². The smallest absolute Gasteiger partial charge is 0.125 e. The molecule has 0 bridgehead atoms. The Morgan fingerprint density at radius 3 is 2.60 bits per heavy atom. The highest BCUT2D eigenvalue weighted by atomic mass is 19.1. The standard InChI is InChI=1S/C17H19FN2/c18-15-7-5-8-16(12-15)19-13-14-6-1-2-9-17(14)20-10-3-4-11-20/h1-2,5-9,12,19H,3-4,10-11,13H2. The van der Waals surface area contributed by atoms with Gasteiger partial charge >= 0.3 is 0 Å². The lowest BCUT2D eigenvalue weighted by Gasteiger charge is -2.21. The van der Waals surface area contributed by atoms with Crippen LogP contribution in [-0.2, 0) is 6.54 Å². The molecule has 0 atom stereocenters. The molecule has 2 aromatic rings. The summed E-state index contributed by atoms with van der Waals surface area (Å²) in [6, 6.07) is 15.1. The van der Waals surface area contributed by atoms with Gasteiger partial charge in [-0.15, -0.1) is 0 Å². The Labute approximate surface area is 119 Å². The van der Waals surface area contributed by atoms with Gasteiger partial charge in [0.1, 0.15) is 5.82 Å². The quantitative estimate of drug-likeness (QED) is 0.902. The van der Waals surface area contributed by atoms with Crippen molar-refractivity contribution in [1.29, 1.82) is 0 Å². The summed E-state index contributed by atoms with van der Waals surface area (Å²) >= 11 is 0. The number of halogens is 1. The number of rotatable bonds is 4. The number of benzene rings is 2. The topological polar surface area (TPSA) is 15.3 Å². The van der Waals surface area contributed by atoms with Crippen molar-refractivity contribution in [3.63, 3.8) is 0 Å². The summed E-state index contributed by atoms with van der Waals surface area (Å²) in [6.45, 7) is 2.99. The molecule has 1 N–H and O–H groups in total. The zero-order valence-corrected chi connectivity index (χ0v) is 11.5. The van der Waals surface area contributed by atoms with Crippen molar-refractivity contribution in [2.75, 3.05) is 23.3 Å². The molecule has 0 spiro atoms. The summed E-state index contributed by atoms with van der Waals surface area (Å²) in [7, 11) is 0. The first-order chi connectivity index (χ1) is 9.83. The molecule has 1 aliphatic rings. The maximum absolute atomic E-state index is 13.2. The molecule has 104 valence electrons. The van der Waals surface area contributed by atoms with Crippen LogP contribution < -0.4 is 10.2 Å². The highest BCUT2D eigenvalue weighted by Gasteiger charge is 2.14. The fourth-order valence-corrected chi connectivity index (χ4v) is 2.72. The van der Waals surface area contributed by atoms with Crippen LogP contribution >= 0.6 is 0 Å². The molecule has 1 saturated heterocycles. The molecule has 0 saturated carbocycles. The van der Waals surface area contributed by atoms with Crippen LogP contribution in [0.15, 0.2) is 48.5 Å². The van der Waals surface area contributed by atoms with Crippen LogP contribution in [0.25, 0.3) is 0 Å². The minimum Gasteiger partial charge on any atom is -0.381 e. The Kier molecular flexibility index (Phi) is 3.86. The third-order valence-electron chi connectivity index (χ3n) is 3.75. The van der Waals surface area contributed by atoms with Gasteiger partial charge in [0.2, 0.25) is 0 Å². The Morgan fingerprint density at radius 2 is 1.80 bits per heavy atom. The van der Waals surface area contributed by atoms with Crippen molar-refractivity contribution >= 4 is 11.4 Å². The third kappa shape index (κ3) is 2.93. The Bertz CT molecular complexity index is 577. The molecule has 0 amide bonds. The fourth-order valence-electron chi connectivity index (χ4n) is 2.72. The normalized spacial score (nSPS) is 14.6. The van der Waals surface area contributed by atoms with E-state index in [4.69, 9.17) is 0 Å². The van der Waals surface area contributed by atoms with Crippen molar-refractivity contribution in [3.05, 3.63) is 59.9 Å². The summed E-state index contributed by atoms with van der Waals surface area (Å²) in [4.78, 5) is 2.43. The maximum Gasteiger partial charge on any atom is 0.125 e. The second-order valence-electron chi connectivity index (χ2n) is 5.19. The van der Waals surface area contributed by atoms with E-state index in [1.807, 2.05) is 6.07 Å². The Morgan fingerprint density at radius 1 is 1.00 bits per heavy atom. The molecule has 0 unspecified atom stereocenters. The van der Waals surface area contributed by atoms with Gasteiger partial charge < -0.3 is 10.2 Å². The lowest BCUT2D eigenvalue weighted by atomic mass is 10.1. The van der Waals surface area contributed by atoms with Gasteiger partial charge in [0.15, 0.2) is 0 Å². The minimum absolute atomic E-state index is 0.206. The van der Waals surface area contributed by atoms with E-state index in [1.165, 1.54) is 36.2 Å². The largest absolute Gasteiger partial charge is 0.381 e. The lowest BCUT2D eigenvalue weighted by Crippen LogP contribution is -2.19. The van der Waals surface area contributed by atoms with Crippen molar-refractivity contribution in [1.82, 2.24) is 0 Å². The summed E-state index contributed by atoms with van der Waals surface area (Å²) in [6.07, 6.45) is 2.54. The molecule has 0 radical (unpaired) electrons. The average Bonchev–Trinajstić information content (AvgIpc) is 3.00. The van der Waals surface area contributed by atoms with Crippen LogP contribution in [0.1, 0.15) is 18.4 Å². The molecule has 3 heteroatoms. The Hall–Kier alpha value is -2.03. The predicted octanol–water partition coefficient (Wildman–Crippen LogP) is 4.04. The van der Waals surface area contributed by atoms with E-state index in [-0.39, 0.29) is 5.82 Å². The zero-order valence-electron chi connectivity index (χ0n) is 11.5. The molecule has 1 heterocycles. The van der Waals surface area contributed by atoms with Crippen molar-refractivity contribution in [3.8, 4) is 0 Å². The molecule has 0 aromatic heterocycles. The van der Waals surface area contributed by atoms with Crippen LogP contribution in [0.2, 0.25) is 0 Å². The lowest BCUT2D eigenvalue weighted by molar-refractivity contribution is 0.628. The van der Waals surface area contributed by atoms with Crippen LogP contribution in [-0.4, -0.2) is 13.1 Å². The second kappa shape index (κ2) is 5.95. The first kappa shape index (κ1) is 13.0. The van der Waals surface area contributed by atoms with Crippen molar-refractivity contribution in [2.45, 2.75) is 19.4 Å². The number of nitrogens with one attached hydrogen (secondary N) is 1. The highest BCUT2D eigenvalue weighted by Crippen LogP contribution is 2.25. The van der Waals surface area contributed by atoms with E-state index >= 15 is 0 Å². The molecule has 1 aliphatic heterocycles. The molecule has 2 aromatic carbocycles. The number of nitrogens with zero attached hydrogens (tertiary/aromatic N) is 1. The van der Waals surface area contributed by atoms with Crippen LogP contribution in [0, 0.1) is 5.82 Å². The maximum atomic E-state index is 13.2. The first-order valence-electron chi connectivity index (χ1n) is 7.15. The molecule has 3 rings (SSSR count). The van der Waals surface area contributed by atoms with Gasteiger partial charge in [0, 0.05) is 31.0 Å². The second-order valence-corrected chi connectivity index (χ2v) is 5.19. The molecule has 20 heavy (non-hydrogen) atoms. The van der Waals surface area contributed by atoms with Gasteiger partial charge in [-0.05, 0) is 42.7 Å². The molecule has 2 nitrogen and oxygen atoms in total. The fraction of sp³-hybridized carbons (Fsp3) is 0.294. The minimum atomic E-state index is -0.206. The molecular formula is C17H19FN2. The van der Waals surface area contributed by atoms with Gasteiger partial charge in [-0.1, -0.05) is 24.3 Å². The van der Waals surface area contributed by atoms with E-state index in [2.05, 4.69) is 34.5 Å². The van der Waals surface area contributed by atoms with E-state index in [0.29, 0.717) is 0 Å². The van der Waals surface area contributed by atoms with Crippen LogP contribution in [0.3, 0.4) is 0 Å². The number of hydrogen-bond acceptors (Lipinski definition) is 2. The summed E-state index contributed by atoms with van der Waals surface area (Å²) in [5.74, 6) is -0.206. The van der Waals surface area contributed by atoms with E-state index in [9.17, 15) is 4.39 Å². The summed E-state index contributed by atoms with van der Waals surface area (Å²) in [5, 5.41) is 3.30. The van der Waals surface area contributed by atoms with Gasteiger partial charge in [-0.25, -0.2) is 4.39 Å². The van der Waals surface area contributed by atoms with E-state index < -0.39 is 0 Å². The van der Waals surface area contributed by atoms with E-state index in [1.54, 1.807) is 6.07 Å². The predicted molar refractivity (Wildman–Crippen MR) is 81.6 cm³/mol. The van der Waals surface area contributed by atoms with Gasteiger partial charge in [0.25, 0.3) is 0 Å². The SMILES string of the molecule is Fc1cccc(NCc2ccccc2N2CCCC2)c1. The molecule has 0 aliphatic carbocycles. The molecule has 1 fully saturated rings. The summed E-state index contributed by atoms with van der Waals surface area (Å²) < 4.78 is 13.2. The van der Waals surface area contributed by atoms with Crippen LogP contribution in [0.5, 0.6) is 0 Å². The van der Waals surface area contributed by atoms with Gasteiger partial charge in [-0.3, -0.25) is 0 Å². The summed E-state index contributed by atoms with van der Waals surface area (Å²) in [5.41, 5.74) is 3.38. The average molecular weight is 270 g/mol. The van der Waals surface area contributed by atoms with E-state index in [0.717, 1.165) is 25.3 Å². The van der Waals surface area contributed by atoms with Gasteiger partial charge in [0.05, 0.1) is 0 Å².